The Morgan fingerprint density at radius 3 is 2.18 bits per heavy atom. The van der Waals surface area contributed by atoms with E-state index in [4.69, 9.17) is 23.2 Å². The average molecular weight is 489 g/mol. The van der Waals surface area contributed by atoms with Crippen molar-refractivity contribution >= 4 is 52.1 Å². The van der Waals surface area contributed by atoms with Crippen molar-refractivity contribution in [1.82, 2.24) is 4.98 Å². The van der Waals surface area contributed by atoms with Crippen LogP contribution in [0.1, 0.15) is 28.8 Å². The molecule has 1 aliphatic rings. The number of aromatic nitrogens is 1. The zero-order valence-corrected chi connectivity index (χ0v) is 18.5. The first kappa shape index (κ1) is 22.8. The van der Waals surface area contributed by atoms with Gasteiger partial charge in [-0.2, -0.15) is 0 Å². The number of carboxylic acids is 1. The Kier molecular flexibility index (Phi) is 6.35. The summed E-state index contributed by atoms with van der Waals surface area (Å²) in [6, 6.07) is 5.28. The fraction of sp³-hybridized carbons (Fsp3) is 0.227. The van der Waals surface area contributed by atoms with E-state index in [2.05, 4.69) is 20.9 Å². The zero-order valence-electron chi connectivity index (χ0n) is 17.0. The molecule has 1 fully saturated rings. The number of carbonyl (C=O) groups excluding carboxylic acids is 1. The molecule has 4 N–H and O–H groups in total. The third-order valence-electron chi connectivity index (χ3n) is 5.20. The van der Waals surface area contributed by atoms with E-state index in [9.17, 15) is 24.3 Å². The summed E-state index contributed by atoms with van der Waals surface area (Å²) in [6.45, 7) is 0. The van der Waals surface area contributed by atoms with Gasteiger partial charge in [0.1, 0.15) is 17.4 Å². The fourth-order valence-corrected chi connectivity index (χ4v) is 3.68. The first-order valence-electron chi connectivity index (χ1n) is 10.0. The summed E-state index contributed by atoms with van der Waals surface area (Å²) in [6.07, 6.45) is 4.54. The van der Waals surface area contributed by atoms with Crippen LogP contribution in [0.25, 0.3) is 0 Å². The van der Waals surface area contributed by atoms with Crippen LogP contribution in [0.5, 0.6) is 0 Å². The van der Waals surface area contributed by atoms with Crippen LogP contribution in [-0.4, -0.2) is 34.1 Å². The van der Waals surface area contributed by atoms with Gasteiger partial charge in [-0.15, -0.1) is 0 Å². The third-order valence-corrected chi connectivity index (χ3v) is 5.77. The van der Waals surface area contributed by atoms with Crippen LogP contribution in [0, 0.1) is 0 Å². The Morgan fingerprint density at radius 2 is 1.61 bits per heavy atom. The summed E-state index contributed by atoms with van der Waals surface area (Å²) >= 11 is 12.0. The van der Waals surface area contributed by atoms with Crippen molar-refractivity contribution in [3.63, 3.8) is 0 Å². The van der Waals surface area contributed by atoms with Gasteiger partial charge >= 0.3 is 5.97 Å². The van der Waals surface area contributed by atoms with E-state index in [1.165, 1.54) is 24.5 Å². The van der Waals surface area contributed by atoms with E-state index in [1.54, 1.807) is 12.1 Å². The van der Waals surface area contributed by atoms with Gasteiger partial charge in [-0.25, -0.2) is 4.79 Å². The summed E-state index contributed by atoms with van der Waals surface area (Å²) in [5, 5.41) is 18.2. The Bertz CT molecular complexity index is 1280. The monoisotopic (exact) mass is 488 g/mol. The lowest BCUT2D eigenvalue weighted by Crippen LogP contribution is -2.42. The fourth-order valence-electron chi connectivity index (χ4n) is 3.22. The van der Waals surface area contributed by atoms with Crippen molar-refractivity contribution in [3.05, 3.63) is 78.3 Å². The Labute approximate surface area is 197 Å². The van der Waals surface area contributed by atoms with Gasteiger partial charge in [0.2, 0.25) is 0 Å². The highest BCUT2D eigenvalue weighted by atomic mass is 35.5. The lowest BCUT2D eigenvalue weighted by Gasteiger charge is -2.20. The van der Waals surface area contributed by atoms with E-state index >= 15 is 0 Å². The molecule has 1 saturated carbocycles. The van der Waals surface area contributed by atoms with Crippen LogP contribution >= 0.6 is 23.2 Å². The normalized spacial score (nSPS) is 14.0. The van der Waals surface area contributed by atoms with E-state index in [0.717, 1.165) is 12.8 Å². The molecule has 0 unspecified atom stereocenters. The van der Waals surface area contributed by atoms with Crippen molar-refractivity contribution in [3.8, 4) is 0 Å². The highest BCUT2D eigenvalue weighted by Gasteiger charge is 2.30. The predicted octanol–water partition coefficient (Wildman–Crippen LogP) is 2.92. The number of carboxylic acid groups (broad SMARTS) is 1. The summed E-state index contributed by atoms with van der Waals surface area (Å²) in [5.74, 6) is -1.63. The van der Waals surface area contributed by atoms with Crippen molar-refractivity contribution in [2.24, 2.45) is 0 Å². The molecule has 1 atom stereocenters. The number of amides is 1. The quantitative estimate of drug-likeness (QED) is 0.337. The lowest BCUT2D eigenvalue weighted by atomic mass is 10.0. The van der Waals surface area contributed by atoms with E-state index in [0.29, 0.717) is 11.1 Å². The number of anilines is 3. The maximum atomic E-state index is 12.5. The van der Waals surface area contributed by atoms with Crippen LogP contribution in [0.3, 0.4) is 0 Å². The molecule has 1 aromatic heterocycles. The molecule has 170 valence electrons. The number of nitrogens with one attached hydrogen (secondary N) is 3. The molecule has 1 heterocycles. The highest BCUT2D eigenvalue weighted by Crippen LogP contribution is 2.29. The molecule has 1 aliphatic carbocycles. The molecule has 33 heavy (non-hydrogen) atoms. The summed E-state index contributed by atoms with van der Waals surface area (Å²) in [5.41, 5.74) is -0.0670. The SMILES string of the molecule is O=C(Nc1c(Cl)cncc1Cl)c1ccc(C[C@H](Nc2c(NC3CC3)c(=O)c2=O)C(=O)O)cc1. The molecular formula is C22H18Cl2N4O5. The summed E-state index contributed by atoms with van der Waals surface area (Å²) in [7, 11) is 0. The van der Waals surface area contributed by atoms with Gasteiger partial charge in [0.25, 0.3) is 16.8 Å². The summed E-state index contributed by atoms with van der Waals surface area (Å²) in [4.78, 5) is 51.8. The molecule has 3 aromatic rings. The minimum absolute atomic E-state index is 0.00130. The number of pyridine rings is 1. The van der Waals surface area contributed by atoms with Gasteiger partial charge in [0.15, 0.2) is 0 Å². The lowest BCUT2D eigenvalue weighted by molar-refractivity contribution is -0.137. The number of rotatable bonds is 9. The number of hydrogen-bond donors (Lipinski definition) is 4. The highest BCUT2D eigenvalue weighted by molar-refractivity contribution is 6.39. The Hall–Kier alpha value is -3.43. The first-order chi connectivity index (χ1) is 15.7. The Morgan fingerprint density at radius 1 is 1.00 bits per heavy atom. The molecule has 0 spiro atoms. The molecule has 0 aliphatic heterocycles. The van der Waals surface area contributed by atoms with Crippen molar-refractivity contribution in [1.29, 1.82) is 0 Å². The summed E-state index contributed by atoms with van der Waals surface area (Å²) < 4.78 is 0. The maximum Gasteiger partial charge on any atom is 0.326 e. The van der Waals surface area contributed by atoms with E-state index < -0.39 is 28.8 Å². The number of aliphatic carboxylic acids is 1. The van der Waals surface area contributed by atoms with Crippen molar-refractivity contribution < 1.29 is 14.7 Å². The molecule has 1 amide bonds. The standard InChI is InChI=1S/C22H18Cl2N4O5/c23-13-8-25-9-14(24)16(13)28-21(31)11-3-1-10(2-4-11)7-15(22(32)33)27-18-17(19(29)20(18)30)26-12-5-6-12/h1-4,8-9,12,15,26-27H,5-7H2,(H,32,33)(H,25,28,31)/t15-/m0/s1. The van der Waals surface area contributed by atoms with Crippen LogP contribution in [0.2, 0.25) is 10.0 Å². The second kappa shape index (κ2) is 9.21. The van der Waals surface area contributed by atoms with Crippen LogP contribution in [0.15, 0.2) is 46.2 Å². The molecule has 11 heteroatoms. The molecule has 4 rings (SSSR count). The molecular weight excluding hydrogens is 471 g/mol. The van der Waals surface area contributed by atoms with Gasteiger partial charge < -0.3 is 21.1 Å². The maximum absolute atomic E-state index is 12.5. The number of carbonyl (C=O) groups is 2. The van der Waals surface area contributed by atoms with Crippen molar-refractivity contribution in [2.45, 2.75) is 31.3 Å². The van der Waals surface area contributed by atoms with Gasteiger partial charge in [-0.1, -0.05) is 35.3 Å². The second-order valence-corrected chi connectivity index (χ2v) is 8.51. The van der Waals surface area contributed by atoms with Crippen molar-refractivity contribution in [2.75, 3.05) is 16.0 Å². The minimum Gasteiger partial charge on any atom is -0.480 e. The number of benzene rings is 1. The predicted molar refractivity (Wildman–Crippen MR) is 125 cm³/mol. The molecule has 0 radical (unpaired) electrons. The molecule has 9 nitrogen and oxygen atoms in total. The van der Waals surface area contributed by atoms with Gasteiger partial charge in [-0.3, -0.25) is 19.4 Å². The molecule has 0 saturated heterocycles. The van der Waals surface area contributed by atoms with Gasteiger partial charge in [-0.05, 0) is 30.5 Å². The average Bonchev–Trinajstić information content (AvgIpc) is 3.62. The van der Waals surface area contributed by atoms with Gasteiger partial charge in [0.05, 0.1) is 15.7 Å². The minimum atomic E-state index is -1.18. The van der Waals surface area contributed by atoms with Gasteiger partial charge in [0, 0.05) is 30.4 Å². The number of nitrogens with zero attached hydrogens (tertiary/aromatic N) is 1. The second-order valence-electron chi connectivity index (χ2n) is 7.70. The molecule has 2 aromatic carbocycles. The van der Waals surface area contributed by atoms with Crippen LogP contribution in [0.4, 0.5) is 17.1 Å². The number of hydrogen-bond acceptors (Lipinski definition) is 7. The number of halogens is 2. The van der Waals surface area contributed by atoms with Crippen LogP contribution in [-0.2, 0) is 11.2 Å². The smallest absolute Gasteiger partial charge is 0.326 e. The van der Waals surface area contributed by atoms with Crippen LogP contribution < -0.4 is 26.8 Å². The zero-order chi connectivity index (χ0) is 23.7. The topological polar surface area (TPSA) is 137 Å². The van der Waals surface area contributed by atoms with E-state index in [1.807, 2.05) is 0 Å². The van der Waals surface area contributed by atoms with E-state index in [-0.39, 0.29) is 39.6 Å². The first-order valence-corrected chi connectivity index (χ1v) is 10.8. The largest absolute Gasteiger partial charge is 0.480 e. The Balaban J connectivity index is 1.44. The third kappa shape index (κ3) is 4.99. The molecule has 0 bridgehead atoms.